The quantitative estimate of drug-likeness (QED) is 0.847. The molecule has 0 aromatic heterocycles. The topological polar surface area (TPSA) is 32.3 Å². The minimum absolute atomic E-state index is 0.0435. The van der Waals surface area contributed by atoms with E-state index in [2.05, 4.69) is 21.2 Å². The Morgan fingerprint density at radius 3 is 2.60 bits per heavy atom. The summed E-state index contributed by atoms with van der Waals surface area (Å²) in [5.41, 5.74) is 2.01. The minimum atomic E-state index is -0.256. The normalized spacial score (nSPS) is 12.3. The molecular weight excluding hydrogens is 321 g/mol. The first-order chi connectivity index (χ1) is 9.69. The van der Waals surface area contributed by atoms with Crippen LogP contribution >= 0.6 is 15.9 Å². The zero-order valence-corrected chi connectivity index (χ0v) is 12.6. The van der Waals surface area contributed by atoms with Crippen LogP contribution in [0.2, 0.25) is 0 Å². The van der Waals surface area contributed by atoms with Crippen LogP contribution in [0.4, 0.5) is 4.39 Å². The van der Waals surface area contributed by atoms with Crippen LogP contribution in [0, 0.1) is 5.82 Å². The maximum absolute atomic E-state index is 13.2. The average Bonchev–Trinajstić information content (AvgIpc) is 2.47. The maximum Gasteiger partial charge on any atom is 0.123 e. The van der Waals surface area contributed by atoms with Gasteiger partial charge in [-0.3, -0.25) is 0 Å². The van der Waals surface area contributed by atoms with Crippen LogP contribution in [-0.4, -0.2) is 17.8 Å². The molecule has 0 saturated carbocycles. The summed E-state index contributed by atoms with van der Waals surface area (Å²) < 4.78 is 14.1. The van der Waals surface area contributed by atoms with Gasteiger partial charge in [0.2, 0.25) is 0 Å². The number of hydrogen-bond donors (Lipinski definition) is 2. The third kappa shape index (κ3) is 4.40. The van der Waals surface area contributed by atoms with Gasteiger partial charge in [0.25, 0.3) is 0 Å². The Kier molecular flexibility index (Phi) is 5.71. The Bertz CT molecular complexity index is 547. The molecule has 0 heterocycles. The summed E-state index contributed by atoms with van der Waals surface area (Å²) in [6.45, 7) is 0.554. The average molecular weight is 338 g/mol. The molecule has 0 bridgehead atoms. The highest BCUT2D eigenvalue weighted by Gasteiger charge is 2.09. The standard InChI is InChI=1S/C16H17BrFNO/c17-16-7-6-14(18)9-13(16)10-19-15(11-20)8-12-4-2-1-3-5-12/h1-7,9,15,19-20H,8,10-11H2/t15-/m0/s1. The van der Waals surface area contributed by atoms with Crippen LogP contribution in [0.1, 0.15) is 11.1 Å². The van der Waals surface area contributed by atoms with E-state index < -0.39 is 0 Å². The molecule has 2 rings (SSSR count). The Hall–Kier alpha value is -1.23. The predicted octanol–water partition coefficient (Wildman–Crippen LogP) is 3.28. The van der Waals surface area contributed by atoms with Crippen LogP contribution in [0.25, 0.3) is 0 Å². The lowest BCUT2D eigenvalue weighted by atomic mass is 10.1. The van der Waals surface area contributed by atoms with Crippen molar-refractivity contribution >= 4 is 15.9 Å². The van der Waals surface area contributed by atoms with Crippen molar-refractivity contribution in [3.63, 3.8) is 0 Å². The number of rotatable bonds is 6. The molecule has 2 aromatic rings. The summed E-state index contributed by atoms with van der Waals surface area (Å²) in [4.78, 5) is 0. The van der Waals surface area contributed by atoms with Gasteiger partial charge in [0, 0.05) is 17.1 Å². The molecule has 0 unspecified atom stereocenters. The van der Waals surface area contributed by atoms with Gasteiger partial charge in [-0.1, -0.05) is 46.3 Å². The smallest absolute Gasteiger partial charge is 0.123 e. The van der Waals surface area contributed by atoms with Gasteiger partial charge in [-0.15, -0.1) is 0 Å². The predicted molar refractivity (Wildman–Crippen MR) is 82.0 cm³/mol. The first kappa shape index (κ1) is 15.2. The van der Waals surface area contributed by atoms with Gasteiger partial charge in [-0.25, -0.2) is 4.39 Å². The molecule has 0 spiro atoms. The van der Waals surface area contributed by atoms with E-state index in [9.17, 15) is 9.50 Å². The fourth-order valence-electron chi connectivity index (χ4n) is 2.03. The van der Waals surface area contributed by atoms with Crippen molar-refractivity contribution in [1.82, 2.24) is 5.32 Å². The van der Waals surface area contributed by atoms with Crippen molar-refractivity contribution in [1.29, 1.82) is 0 Å². The van der Waals surface area contributed by atoms with E-state index in [1.165, 1.54) is 12.1 Å². The van der Waals surface area contributed by atoms with E-state index in [0.717, 1.165) is 22.0 Å². The molecule has 1 atom stereocenters. The molecule has 0 radical (unpaired) electrons. The molecule has 0 fully saturated rings. The Morgan fingerprint density at radius 2 is 1.90 bits per heavy atom. The van der Waals surface area contributed by atoms with Crippen LogP contribution in [0.5, 0.6) is 0 Å². The number of benzene rings is 2. The number of hydrogen-bond acceptors (Lipinski definition) is 2. The summed E-state index contributed by atoms with van der Waals surface area (Å²) in [6, 6.07) is 14.5. The monoisotopic (exact) mass is 337 g/mol. The van der Waals surface area contributed by atoms with Crippen molar-refractivity contribution in [3.05, 3.63) is 69.9 Å². The summed E-state index contributed by atoms with van der Waals surface area (Å²) in [5, 5.41) is 12.7. The van der Waals surface area contributed by atoms with Crippen LogP contribution in [0.15, 0.2) is 53.0 Å². The van der Waals surface area contributed by atoms with Crippen molar-refractivity contribution < 1.29 is 9.50 Å². The minimum Gasteiger partial charge on any atom is -0.395 e. The van der Waals surface area contributed by atoms with Crippen LogP contribution in [0.3, 0.4) is 0 Å². The maximum atomic E-state index is 13.2. The summed E-state index contributed by atoms with van der Waals surface area (Å²) >= 11 is 3.40. The molecule has 20 heavy (non-hydrogen) atoms. The summed E-state index contributed by atoms with van der Waals surface area (Å²) in [7, 11) is 0. The second-order valence-electron chi connectivity index (χ2n) is 4.69. The Morgan fingerprint density at radius 1 is 1.15 bits per heavy atom. The summed E-state index contributed by atoms with van der Waals surface area (Å²) in [6.07, 6.45) is 0.740. The van der Waals surface area contributed by atoms with Gasteiger partial charge in [0.05, 0.1) is 6.61 Å². The van der Waals surface area contributed by atoms with E-state index in [4.69, 9.17) is 0 Å². The van der Waals surface area contributed by atoms with E-state index in [1.54, 1.807) is 6.07 Å². The first-order valence-corrected chi connectivity index (χ1v) is 7.30. The highest BCUT2D eigenvalue weighted by molar-refractivity contribution is 9.10. The molecule has 0 aliphatic carbocycles. The molecule has 0 aliphatic heterocycles. The highest BCUT2D eigenvalue weighted by atomic mass is 79.9. The molecule has 0 saturated heterocycles. The molecule has 106 valence electrons. The molecule has 0 aliphatic rings. The fourth-order valence-corrected chi connectivity index (χ4v) is 2.42. The Labute approximate surface area is 126 Å². The van der Waals surface area contributed by atoms with E-state index in [1.807, 2.05) is 30.3 Å². The number of aliphatic hydroxyl groups is 1. The van der Waals surface area contributed by atoms with E-state index in [0.29, 0.717) is 6.54 Å². The molecule has 2 aromatic carbocycles. The molecule has 0 amide bonds. The van der Waals surface area contributed by atoms with E-state index in [-0.39, 0.29) is 18.5 Å². The van der Waals surface area contributed by atoms with Gasteiger partial charge in [0.1, 0.15) is 5.82 Å². The van der Waals surface area contributed by atoms with Crippen molar-refractivity contribution in [2.45, 2.75) is 19.0 Å². The molecule has 2 nitrogen and oxygen atoms in total. The highest BCUT2D eigenvalue weighted by Crippen LogP contribution is 2.17. The molecular formula is C16H17BrFNO. The van der Waals surface area contributed by atoms with Crippen molar-refractivity contribution in [2.75, 3.05) is 6.61 Å². The van der Waals surface area contributed by atoms with Gasteiger partial charge in [-0.05, 0) is 35.7 Å². The van der Waals surface area contributed by atoms with Gasteiger partial charge in [-0.2, -0.15) is 0 Å². The third-order valence-electron chi connectivity index (χ3n) is 3.13. The van der Waals surface area contributed by atoms with Gasteiger partial charge in [0.15, 0.2) is 0 Å². The van der Waals surface area contributed by atoms with E-state index >= 15 is 0 Å². The molecule has 2 N–H and O–H groups in total. The second-order valence-corrected chi connectivity index (χ2v) is 5.54. The second kappa shape index (κ2) is 7.53. The zero-order chi connectivity index (χ0) is 14.4. The van der Waals surface area contributed by atoms with Crippen LogP contribution in [-0.2, 0) is 13.0 Å². The lowest BCUT2D eigenvalue weighted by molar-refractivity contribution is 0.240. The van der Waals surface area contributed by atoms with Crippen LogP contribution < -0.4 is 5.32 Å². The van der Waals surface area contributed by atoms with Crippen molar-refractivity contribution in [3.8, 4) is 0 Å². The summed E-state index contributed by atoms with van der Waals surface area (Å²) in [5.74, 6) is -0.256. The SMILES string of the molecule is OC[C@H](Cc1ccccc1)NCc1cc(F)ccc1Br. The molecule has 4 heteroatoms. The van der Waals surface area contributed by atoms with Gasteiger partial charge < -0.3 is 10.4 Å². The lowest BCUT2D eigenvalue weighted by Gasteiger charge is -2.17. The largest absolute Gasteiger partial charge is 0.395 e. The number of aliphatic hydroxyl groups excluding tert-OH is 1. The first-order valence-electron chi connectivity index (χ1n) is 6.51. The van der Waals surface area contributed by atoms with Crippen molar-refractivity contribution in [2.24, 2.45) is 0 Å². The number of nitrogens with one attached hydrogen (secondary N) is 1. The zero-order valence-electron chi connectivity index (χ0n) is 11.0. The lowest BCUT2D eigenvalue weighted by Crippen LogP contribution is -2.34. The Balaban J connectivity index is 1.95. The number of halogens is 2. The fraction of sp³-hybridized carbons (Fsp3) is 0.250. The van der Waals surface area contributed by atoms with Gasteiger partial charge >= 0.3 is 0 Å². The third-order valence-corrected chi connectivity index (χ3v) is 3.91.